The molecule has 560 valence electrons. The number of imide groups is 1. The second-order valence-electron chi connectivity index (χ2n) is 30.1. The Labute approximate surface area is 606 Å². The van der Waals surface area contributed by atoms with Gasteiger partial charge in [-0.15, -0.1) is 5.06 Å². The van der Waals surface area contributed by atoms with Crippen molar-refractivity contribution in [3.63, 3.8) is 0 Å². The Kier molecular flexibility index (Phi) is 19.6. The van der Waals surface area contributed by atoms with Gasteiger partial charge in [-0.25, -0.2) is 4.79 Å². The van der Waals surface area contributed by atoms with Gasteiger partial charge in [-0.2, -0.15) is 0 Å². The molecule has 29 nitrogen and oxygen atoms in total. The number of benzene rings is 4. The van der Waals surface area contributed by atoms with Gasteiger partial charge in [-0.3, -0.25) is 9.59 Å². The number of carbonyl (C=O) groups is 3. The van der Waals surface area contributed by atoms with Gasteiger partial charge in [0, 0.05) is 12.8 Å². The molecule has 4 aromatic carbocycles. The summed E-state index contributed by atoms with van der Waals surface area (Å²) < 4.78 is 168. The summed E-state index contributed by atoms with van der Waals surface area (Å²) in [6.45, 7) is 13.3. The minimum absolute atomic E-state index is 0.0287. The monoisotopic (exact) mass is 1560 g/mol. The van der Waals surface area contributed by atoms with Crippen LogP contribution in [0.2, 0.25) is 38.3 Å². The number of aliphatic imine (C=N–C) groups is 2. The summed E-state index contributed by atoms with van der Waals surface area (Å²) in [7, 11) is -32.7. The molecule has 1 spiro atoms. The molecule has 2 amide bonds. The Morgan fingerprint density at radius 2 is 0.827 bits per heavy atom. The standard InChI is InChI=1S/C68H89N11O18S4Si3/c1-6-7-36-78(38-19-44-98(83,84)85,37-18-8-9-33-60(82)95-73-58(80)34-35-59(73)81)42-23-48-102(2,3)96-104(97-103(4,5)49-24-43-79(39-20-45-99(86,87)88,40-21-46-100(89,90)91)41-22-47-101(92,93)94)74-61-50-25-10-11-26-51(50)62(74)70-64-54-29-14-15-30-55(54)66(76(64)104)72-68-57-32-17-16-31-56(57)67(77(68)104)71-65-53-28-13-12-27-52(53)63(69-61)75(65)104/h10-17,25-32H,6-9,18-24,33-49H2,1-5H3,(H2-2,83,84,85,86,87,88,89,90,91,92,93,94)/p+2. The zero-order valence-corrected chi connectivity index (χ0v) is 65.4. The number of carbonyl (C=O) groups excluding carboxylic acids is 3. The normalized spacial score (nSPS) is 18.7. The molecule has 0 radical (unpaired) electrons. The van der Waals surface area contributed by atoms with Crippen molar-refractivity contribution < 1.29 is 96.8 Å². The second-order valence-corrected chi connectivity index (χ2v) is 50.7. The van der Waals surface area contributed by atoms with Gasteiger partial charge in [-0.05, 0) is 0 Å². The maximum absolute atomic E-state index is 13.0. The van der Waals surface area contributed by atoms with Gasteiger partial charge >= 0.3 is 561 Å². The van der Waals surface area contributed by atoms with Gasteiger partial charge in [0.05, 0.1) is 0 Å². The number of rotatable bonds is 38. The quantitative estimate of drug-likeness (QED) is 0.00973. The molecule has 1 atom stereocenters. The molecule has 13 rings (SSSR count). The average molecular weight is 1560 g/mol. The van der Waals surface area contributed by atoms with Crippen LogP contribution in [0.25, 0.3) is 21.5 Å². The summed E-state index contributed by atoms with van der Waals surface area (Å²) in [4.78, 5) is 66.2. The number of hydroxylamine groups is 2. The molecule has 4 N–H and O–H groups in total. The van der Waals surface area contributed by atoms with E-state index in [1.165, 1.54) is 0 Å². The van der Waals surface area contributed by atoms with Crippen LogP contribution >= 0.6 is 0 Å². The first-order valence-electron chi connectivity index (χ1n) is 35.8. The number of amidine groups is 4. The van der Waals surface area contributed by atoms with Crippen molar-refractivity contribution in [3.8, 4) is 0 Å². The first-order valence-corrected chi connectivity index (χ1v) is 51.0. The van der Waals surface area contributed by atoms with Gasteiger partial charge < -0.3 is 4.84 Å². The van der Waals surface area contributed by atoms with Crippen LogP contribution in [-0.2, 0) is 67.9 Å². The zero-order chi connectivity index (χ0) is 74.3. The number of amides is 2. The van der Waals surface area contributed by atoms with E-state index in [1.54, 1.807) is 0 Å². The van der Waals surface area contributed by atoms with Crippen molar-refractivity contribution in [2.75, 3.05) is 75.4 Å². The van der Waals surface area contributed by atoms with Crippen molar-refractivity contribution in [1.82, 2.24) is 13.5 Å². The molecular weight excluding hydrogens is 1470 g/mol. The van der Waals surface area contributed by atoms with E-state index >= 15 is 0 Å². The Morgan fingerprint density at radius 3 is 1.22 bits per heavy atom. The Hall–Kier alpha value is -7.02. The van der Waals surface area contributed by atoms with E-state index in [2.05, 4.69) is 50.1 Å². The van der Waals surface area contributed by atoms with E-state index in [9.17, 15) is 74.5 Å². The predicted octanol–water partition coefficient (Wildman–Crippen LogP) is 7.26. The third-order valence-electron chi connectivity index (χ3n) is 21.8. The summed E-state index contributed by atoms with van der Waals surface area (Å²) in [5.74, 6) is -1.21. The van der Waals surface area contributed by atoms with Crippen LogP contribution in [0.5, 0.6) is 0 Å². The molecule has 0 bridgehead atoms. The fraction of sp³-hybridized carbons (Fsp3) is 0.485. The van der Waals surface area contributed by atoms with E-state index < -0.39 is 106 Å². The number of fused-ring (bicyclic) bond motifs is 12. The molecule has 9 heterocycles. The number of unbranched alkanes of at least 4 members (excludes halogenated alkanes) is 3. The molecule has 6 aromatic rings. The number of aromatic nitrogens is 2. The molecule has 0 saturated carbocycles. The number of hydrogen-bond donors (Lipinski definition) is 4. The number of quaternary nitrogens is 2. The van der Waals surface area contributed by atoms with Crippen LogP contribution < -0.4 is 11.0 Å². The Morgan fingerprint density at radius 1 is 0.471 bits per heavy atom. The fourth-order valence-corrected chi connectivity index (χ4v) is 42.0. The fourth-order valence-electron chi connectivity index (χ4n) is 17.8. The van der Waals surface area contributed by atoms with Gasteiger partial charge in [0.1, 0.15) is 0 Å². The molecule has 2 aromatic heterocycles. The van der Waals surface area contributed by atoms with E-state index in [1.807, 2.05) is 97.1 Å². The minimum atomic E-state index is -7.40. The zero-order valence-electron chi connectivity index (χ0n) is 59.1. The molecule has 104 heavy (non-hydrogen) atoms. The summed E-state index contributed by atoms with van der Waals surface area (Å²) in [6, 6.07) is 32.7. The van der Waals surface area contributed by atoms with Gasteiger partial charge in [0.2, 0.25) is 0 Å². The third kappa shape index (κ3) is 13.2. The Bertz CT molecular complexity index is 5090. The van der Waals surface area contributed by atoms with Gasteiger partial charge in [-0.1, -0.05) is 0 Å². The molecular formula is C68H91N11O18S4Si3+2. The van der Waals surface area contributed by atoms with Crippen molar-refractivity contribution in [3.05, 3.63) is 130 Å². The predicted molar refractivity (Wildman–Crippen MR) is 397 cm³/mol. The molecule has 1 fully saturated rings. The van der Waals surface area contributed by atoms with E-state index in [-0.39, 0.29) is 75.6 Å². The molecule has 1 saturated heterocycles. The van der Waals surface area contributed by atoms with Crippen LogP contribution in [0.15, 0.2) is 117 Å². The van der Waals surface area contributed by atoms with Crippen LogP contribution in [-0.4, -0.2) is 224 Å². The van der Waals surface area contributed by atoms with Crippen LogP contribution in [0.1, 0.15) is 119 Å². The summed E-state index contributed by atoms with van der Waals surface area (Å²) in [5, 5.41) is 3.55. The van der Waals surface area contributed by atoms with Gasteiger partial charge in [0.15, 0.2) is 0 Å². The SMILES string of the molecule is CCCC[N+](CCCCCC(=O)ON1C(=O)CCC1=O)(CCC[Si](C)(C)O[Si-2]123(O[Si](C)(C)CCC[N+](CCCS(=O)(=O)O)(CCCS(=O)(=O)O)CCCS(=O)(=O)O)n4c5c6ccccc6c4N=C4c6ccccc6C(=[N+]41)N=c1c4ccccc4c(n12)=NC1=[N+]3C(=N5)c2ccccc21)CCCS(=O)(=O)O. The molecule has 36 heteroatoms. The number of nitrogens with zero attached hydrogens (tertiary/aromatic N) is 11. The van der Waals surface area contributed by atoms with Crippen molar-refractivity contribution in [2.24, 2.45) is 20.0 Å². The van der Waals surface area contributed by atoms with E-state index in [0.717, 1.165) is 56.6 Å². The van der Waals surface area contributed by atoms with Crippen LogP contribution in [0.3, 0.4) is 0 Å². The topological polar surface area (TPSA) is 365 Å². The molecule has 7 aliphatic heterocycles. The summed E-state index contributed by atoms with van der Waals surface area (Å²) >= 11 is 0. The second kappa shape index (κ2) is 27.0. The molecule has 7 aliphatic rings. The third-order valence-corrected chi connectivity index (χ3v) is 41.7. The average Bonchev–Trinajstić information content (AvgIpc) is 1.28. The van der Waals surface area contributed by atoms with Crippen molar-refractivity contribution in [1.29, 1.82) is 0 Å². The van der Waals surface area contributed by atoms with Crippen molar-refractivity contribution >= 4 is 139 Å². The van der Waals surface area contributed by atoms with Crippen LogP contribution in [0.4, 0.5) is 11.6 Å². The van der Waals surface area contributed by atoms with Crippen LogP contribution in [0, 0.1) is 0 Å². The first kappa shape index (κ1) is 75.2. The van der Waals surface area contributed by atoms with Gasteiger partial charge in [0.25, 0.3) is 11.8 Å². The molecule has 0 aliphatic carbocycles. The first-order chi connectivity index (χ1) is 49.0. The van der Waals surface area contributed by atoms with Crippen molar-refractivity contribution in [2.45, 2.75) is 135 Å². The van der Waals surface area contributed by atoms with E-state index in [4.69, 9.17) is 24.8 Å². The maximum atomic E-state index is 13.0. The van der Waals surface area contributed by atoms with E-state index in [0.29, 0.717) is 126 Å². The number of hydrogen-bond acceptors (Lipinski definition) is 18. The Balaban J connectivity index is 1.01. The summed E-state index contributed by atoms with van der Waals surface area (Å²) in [6.07, 6.45) is 3.80. The molecule has 1 unspecified atom stereocenters. The summed E-state index contributed by atoms with van der Waals surface area (Å²) in [5.41, 5.74) is 4.00.